The van der Waals surface area contributed by atoms with Crippen LogP contribution in [0.4, 0.5) is 0 Å². The first-order valence-corrected chi connectivity index (χ1v) is 23.8. The quantitative estimate of drug-likeness (QED) is 0.0864. The number of fused-ring (bicyclic) bond motifs is 7. The third-order valence-electron chi connectivity index (χ3n) is 19.5. The maximum Gasteiger partial charge on any atom is 0.314 e. The predicted octanol–water partition coefficient (Wildman–Crippen LogP) is 0.636. The van der Waals surface area contributed by atoms with E-state index < -0.39 is 116 Å². The average molecular weight is 913 g/mol. The van der Waals surface area contributed by atoms with Crippen molar-refractivity contribution >= 4 is 5.97 Å². The molecular weight excluding hydrogens is 836 g/mol. The SMILES string of the molecule is C=C(C)C1CCC2(C(=O)OC3OC(CO)C(O)C(O)C3O)CCC3(C)C(CCC4C5(C)CCC(OC6OCC(O)C(O)C6OC6OC(C)C(O)C(O)C6O)C(C)(CO)C5CCC43C)C12. The van der Waals surface area contributed by atoms with Crippen LogP contribution >= 0.6 is 0 Å². The summed E-state index contributed by atoms with van der Waals surface area (Å²) in [5, 5.41) is 106. The molecule has 64 heavy (non-hydrogen) atoms. The lowest BCUT2D eigenvalue weighted by molar-refractivity contribution is -0.366. The molecule has 10 N–H and O–H groups in total. The van der Waals surface area contributed by atoms with Crippen molar-refractivity contribution in [2.24, 2.45) is 56.7 Å². The fourth-order valence-electron chi connectivity index (χ4n) is 15.6. The molecule has 0 bridgehead atoms. The zero-order valence-electron chi connectivity index (χ0n) is 38.3. The molecular formula is C47H76O17. The molecule has 0 aromatic carbocycles. The van der Waals surface area contributed by atoms with Crippen LogP contribution in [0.25, 0.3) is 0 Å². The van der Waals surface area contributed by atoms with Crippen molar-refractivity contribution in [1.82, 2.24) is 0 Å². The minimum absolute atomic E-state index is 0.0206. The van der Waals surface area contributed by atoms with E-state index >= 15 is 0 Å². The smallest absolute Gasteiger partial charge is 0.314 e. The summed E-state index contributed by atoms with van der Waals surface area (Å²) in [6.07, 6.45) is -13.1. The van der Waals surface area contributed by atoms with Gasteiger partial charge in [0.15, 0.2) is 12.6 Å². The molecule has 5 saturated carbocycles. The molecule has 8 aliphatic rings. The van der Waals surface area contributed by atoms with Gasteiger partial charge in [-0.2, -0.15) is 0 Å². The Labute approximate surface area is 376 Å². The molecule has 17 nitrogen and oxygen atoms in total. The topological polar surface area (TPSA) is 275 Å². The second kappa shape index (κ2) is 17.5. The fourth-order valence-corrected chi connectivity index (χ4v) is 15.6. The van der Waals surface area contributed by atoms with E-state index in [2.05, 4.69) is 34.3 Å². The Kier molecular flexibility index (Phi) is 13.4. The lowest BCUT2D eigenvalue weighted by Gasteiger charge is -2.73. The highest BCUT2D eigenvalue weighted by atomic mass is 16.8. The molecule has 0 amide bonds. The van der Waals surface area contributed by atoms with E-state index in [-0.39, 0.29) is 59.0 Å². The second-order valence-corrected chi connectivity index (χ2v) is 22.3. The second-order valence-electron chi connectivity index (χ2n) is 22.3. The summed E-state index contributed by atoms with van der Waals surface area (Å²) in [4.78, 5) is 14.7. The van der Waals surface area contributed by atoms with Crippen LogP contribution in [-0.4, -0.2) is 169 Å². The van der Waals surface area contributed by atoms with Crippen LogP contribution in [0.3, 0.4) is 0 Å². The van der Waals surface area contributed by atoms with Gasteiger partial charge in [0, 0.05) is 5.41 Å². The standard InChI is InChI=1S/C47H76O17/c1-21(2)23-10-15-47(42(58)64-40-37(57)35(55)33(53)26(18-48)61-40)17-16-45(6)24(30(23)47)8-9-28-43(4)13-12-29(44(5,20-49)27(43)11-14-46(28,45)7)62-41-38(32(52)25(50)19-59-41)63-39-36(56)34(54)31(51)22(3)60-39/h22-41,48-57H,1,8-20H2,2-7H3. The molecule has 8 rings (SSSR count). The van der Waals surface area contributed by atoms with Crippen LogP contribution in [-0.2, 0) is 33.2 Å². The third-order valence-corrected chi connectivity index (χ3v) is 19.5. The summed E-state index contributed by atoms with van der Waals surface area (Å²) in [5.74, 6) is -0.0961. The fraction of sp³-hybridized carbons (Fsp3) is 0.936. The third kappa shape index (κ3) is 7.31. The van der Waals surface area contributed by atoms with E-state index in [0.717, 1.165) is 50.5 Å². The Morgan fingerprint density at radius 3 is 2.05 bits per heavy atom. The van der Waals surface area contributed by atoms with Gasteiger partial charge in [0.05, 0.1) is 37.4 Å². The largest absolute Gasteiger partial charge is 0.432 e. The molecule has 25 unspecified atom stereocenters. The van der Waals surface area contributed by atoms with Crippen molar-refractivity contribution in [2.75, 3.05) is 19.8 Å². The minimum Gasteiger partial charge on any atom is -0.432 e. The molecule has 3 saturated heterocycles. The summed E-state index contributed by atoms with van der Waals surface area (Å²) in [6.45, 7) is 16.2. The van der Waals surface area contributed by atoms with E-state index in [9.17, 15) is 55.9 Å². The Balaban J connectivity index is 1.03. The van der Waals surface area contributed by atoms with Crippen molar-refractivity contribution in [3.8, 4) is 0 Å². The van der Waals surface area contributed by atoms with Crippen LogP contribution in [0.1, 0.15) is 106 Å². The van der Waals surface area contributed by atoms with Gasteiger partial charge in [0.2, 0.25) is 6.29 Å². The molecule has 0 radical (unpaired) electrons. The van der Waals surface area contributed by atoms with Crippen LogP contribution in [0.15, 0.2) is 12.2 Å². The van der Waals surface area contributed by atoms with Gasteiger partial charge in [-0.05, 0) is 124 Å². The number of aliphatic hydroxyl groups is 10. The van der Waals surface area contributed by atoms with Gasteiger partial charge in [-0.25, -0.2) is 0 Å². The molecule has 3 aliphatic heterocycles. The monoisotopic (exact) mass is 913 g/mol. The van der Waals surface area contributed by atoms with Gasteiger partial charge in [-0.1, -0.05) is 39.8 Å². The molecule has 25 atom stereocenters. The minimum atomic E-state index is -1.69. The van der Waals surface area contributed by atoms with Crippen LogP contribution < -0.4 is 0 Å². The van der Waals surface area contributed by atoms with Crippen molar-refractivity contribution in [3.05, 3.63) is 12.2 Å². The zero-order valence-corrected chi connectivity index (χ0v) is 38.3. The van der Waals surface area contributed by atoms with Crippen LogP contribution in [0.5, 0.6) is 0 Å². The number of esters is 1. The van der Waals surface area contributed by atoms with Crippen molar-refractivity contribution in [1.29, 1.82) is 0 Å². The molecule has 366 valence electrons. The van der Waals surface area contributed by atoms with E-state index in [0.29, 0.717) is 19.3 Å². The number of allylic oxidation sites excluding steroid dienone is 1. The molecule has 3 heterocycles. The summed E-state index contributed by atoms with van der Waals surface area (Å²) in [6, 6.07) is 0. The predicted molar refractivity (Wildman–Crippen MR) is 224 cm³/mol. The van der Waals surface area contributed by atoms with E-state index in [4.69, 9.17) is 28.4 Å². The first kappa shape index (κ1) is 49.0. The summed E-state index contributed by atoms with van der Waals surface area (Å²) in [5.41, 5.74) is -1.18. The Morgan fingerprint density at radius 1 is 0.688 bits per heavy atom. The Hall–Kier alpha value is -1.39. The number of hydrogen-bond donors (Lipinski definition) is 10. The number of ether oxygens (including phenoxy) is 6. The molecule has 8 fully saturated rings. The maximum absolute atomic E-state index is 14.7. The molecule has 17 heteroatoms. The van der Waals surface area contributed by atoms with Crippen molar-refractivity contribution in [3.63, 3.8) is 0 Å². The van der Waals surface area contributed by atoms with Crippen molar-refractivity contribution < 1.29 is 84.3 Å². The number of carbonyl (C=O) groups is 1. The summed E-state index contributed by atoms with van der Waals surface area (Å²) in [7, 11) is 0. The summed E-state index contributed by atoms with van der Waals surface area (Å²) >= 11 is 0. The Bertz CT molecular complexity index is 1720. The lowest BCUT2D eigenvalue weighted by Crippen LogP contribution is -2.68. The lowest BCUT2D eigenvalue weighted by atomic mass is 9.32. The highest BCUT2D eigenvalue weighted by Gasteiger charge is 2.73. The van der Waals surface area contributed by atoms with Gasteiger partial charge in [0.1, 0.15) is 61.0 Å². The number of rotatable bonds is 9. The maximum atomic E-state index is 14.7. The van der Waals surface area contributed by atoms with Gasteiger partial charge in [0.25, 0.3) is 0 Å². The van der Waals surface area contributed by atoms with Gasteiger partial charge < -0.3 is 79.5 Å². The molecule has 0 aromatic rings. The molecule has 5 aliphatic carbocycles. The molecule has 0 spiro atoms. The highest BCUT2D eigenvalue weighted by Crippen LogP contribution is 2.78. The Morgan fingerprint density at radius 2 is 1.38 bits per heavy atom. The number of carbonyl (C=O) groups excluding carboxylic acids is 1. The van der Waals surface area contributed by atoms with Gasteiger partial charge in [-0.3, -0.25) is 4.79 Å². The average Bonchev–Trinajstić information content (AvgIpc) is 3.67. The highest BCUT2D eigenvalue weighted by molar-refractivity contribution is 5.78. The number of aliphatic hydroxyl groups excluding tert-OH is 10. The number of hydrogen-bond acceptors (Lipinski definition) is 17. The summed E-state index contributed by atoms with van der Waals surface area (Å²) < 4.78 is 36.1. The van der Waals surface area contributed by atoms with Crippen LogP contribution in [0, 0.1) is 56.7 Å². The van der Waals surface area contributed by atoms with Gasteiger partial charge in [-0.15, -0.1) is 0 Å². The molecule has 0 aromatic heterocycles. The zero-order chi connectivity index (χ0) is 46.6. The van der Waals surface area contributed by atoms with E-state index in [1.54, 1.807) is 0 Å². The van der Waals surface area contributed by atoms with Gasteiger partial charge >= 0.3 is 5.97 Å². The van der Waals surface area contributed by atoms with E-state index in [1.807, 2.05) is 6.92 Å². The normalized spacial score (nSPS) is 56.2. The van der Waals surface area contributed by atoms with Crippen LogP contribution in [0.2, 0.25) is 0 Å². The first-order valence-electron chi connectivity index (χ1n) is 23.8. The van der Waals surface area contributed by atoms with Crippen molar-refractivity contribution in [2.45, 2.75) is 198 Å². The van der Waals surface area contributed by atoms with E-state index in [1.165, 1.54) is 6.92 Å². The first-order chi connectivity index (χ1) is 30.0.